The molecule has 2 unspecified atom stereocenters. The summed E-state index contributed by atoms with van der Waals surface area (Å²) in [6.07, 6.45) is 5.69. The standard InChI is InChI=1S/C7H11NO/c1-7-4-2-3-6(7)5-8-9-7/h5-6H,2-4H2,1H3. The van der Waals surface area contributed by atoms with E-state index in [-0.39, 0.29) is 5.60 Å². The molecule has 1 aliphatic heterocycles. The summed E-state index contributed by atoms with van der Waals surface area (Å²) in [5, 5.41) is 3.81. The van der Waals surface area contributed by atoms with Crippen LogP contribution in [0.2, 0.25) is 0 Å². The Balaban J connectivity index is 2.24. The van der Waals surface area contributed by atoms with E-state index in [2.05, 4.69) is 12.1 Å². The smallest absolute Gasteiger partial charge is 0.142 e. The Hall–Kier alpha value is -0.530. The number of fused-ring (bicyclic) bond motifs is 1. The molecule has 2 heteroatoms. The lowest BCUT2D eigenvalue weighted by Gasteiger charge is -2.19. The average molecular weight is 125 g/mol. The van der Waals surface area contributed by atoms with E-state index in [9.17, 15) is 0 Å². The van der Waals surface area contributed by atoms with Gasteiger partial charge in [-0.25, -0.2) is 0 Å². The van der Waals surface area contributed by atoms with Gasteiger partial charge in [0, 0.05) is 5.92 Å². The van der Waals surface area contributed by atoms with Gasteiger partial charge < -0.3 is 4.84 Å². The van der Waals surface area contributed by atoms with E-state index in [0.29, 0.717) is 5.92 Å². The number of rotatable bonds is 0. The molecule has 2 atom stereocenters. The van der Waals surface area contributed by atoms with Crippen LogP contribution in [0.15, 0.2) is 5.16 Å². The summed E-state index contributed by atoms with van der Waals surface area (Å²) >= 11 is 0. The van der Waals surface area contributed by atoms with E-state index in [1.807, 2.05) is 6.21 Å². The molecule has 0 saturated heterocycles. The fraction of sp³-hybridized carbons (Fsp3) is 0.857. The van der Waals surface area contributed by atoms with E-state index in [1.165, 1.54) is 19.3 Å². The molecule has 0 bridgehead atoms. The van der Waals surface area contributed by atoms with E-state index in [1.54, 1.807) is 0 Å². The largest absolute Gasteiger partial charge is 0.389 e. The van der Waals surface area contributed by atoms with Crippen LogP contribution in [0.4, 0.5) is 0 Å². The van der Waals surface area contributed by atoms with Crippen molar-refractivity contribution in [3.05, 3.63) is 0 Å². The van der Waals surface area contributed by atoms with Crippen molar-refractivity contribution >= 4 is 6.21 Å². The van der Waals surface area contributed by atoms with Crippen molar-refractivity contribution in [2.75, 3.05) is 0 Å². The van der Waals surface area contributed by atoms with E-state index in [4.69, 9.17) is 4.84 Å². The molecule has 2 aliphatic rings. The first-order chi connectivity index (χ1) is 4.31. The summed E-state index contributed by atoms with van der Waals surface area (Å²) in [7, 11) is 0. The summed E-state index contributed by atoms with van der Waals surface area (Å²) in [5.41, 5.74) is 0.0833. The maximum Gasteiger partial charge on any atom is 0.142 e. The van der Waals surface area contributed by atoms with Gasteiger partial charge in [0.25, 0.3) is 0 Å². The first-order valence-corrected chi connectivity index (χ1v) is 3.53. The van der Waals surface area contributed by atoms with Crippen LogP contribution in [0.5, 0.6) is 0 Å². The second-order valence-corrected chi connectivity index (χ2v) is 3.16. The molecule has 0 spiro atoms. The second-order valence-electron chi connectivity index (χ2n) is 3.16. The highest BCUT2D eigenvalue weighted by molar-refractivity contribution is 5.64. The predicted octanol–water partition coefficient (Wildman–Crippen LogP) is 1.56. The molecular formula is C7H11NO. The van der Waals surface area contributed by atoms with Crippen molar-refractivity contribution < 1.29 is 4.84 Å². The number of hydrogen-bond donors (Lipinski definition) is 0. The third-order valence-electron chi connectivity index (χ3n) is 2.47. The lowest BCUT2D eigenvalue weighted by molar-refractivity contribution is -0.0163. The Kier molecular flexibility index (Phi) is 0.875. The third-order valence-corrected chi connectivity index (χ3v) is 2.47. The van der Waals surface area contributed by atoms with E-state index >= 15 is 0 Å². The average Bonchev–Trinajstić information content (AvgIpc) is 2.22. The van der Waals surface area contributed by atoms with Crippen LogP contribution in [0.1, 0.15) is 26.2 Å². The Morgan fingerprint density at radius 3 is 3.44 bits per heavy atom. The van der Waals surface area contributed by atoms with Crippen molar-refractivity contribution in [1.82, 2.24) is 0 Å². The lowest BCUT2D eigenvalue weighted by Crippen LogP contribution is -2.26. The normalized spacial score (nSPS) is 47.0. The zero-order chi connectivity index (χ0) is 6.32. The minimum Gasteiger partial charge on any atom is -0.389 e. The van der Waals surface area contributed by atoms with Crippen molar-refractivity contribution in [2.45, 2.75) is 31.8 Å². The number of oxime groups is 1. The molecule has 0 aromatic heterocycles. The van der Waals surface area contributed by atoms with Crippen LogP contribution in [-0.4, -0.2) is 11.8 Å². The fourth-order valence-corrected chi connectivity index (χ4v) is 1.73. The molecule has 1 fully saturated rings. The second kappa shape index (κ2) is 1.49. The van der Waals surface area contributed by atoms with Crippen LogP contribution < -0.4 is 0 Å². The molecule has 2 nitrogen and oxygen atoms in total. The van der Waals surface area contributed by atoms with Crippen LogP contribution in [-0.2, 0) is 4.84 Å². The summed E-state index contributed by atoms with van der Waals surface area (Å²) in [6, 6.07) is 0. The summed E-state index contributed by atoms with van der Waals surface area (Å²) < 4.78 is 0. The maximum absolute atomic E-state index is 5.23. The summed E-state index contributed by atoms with van der Waals surface area (Å²) in [5.74, 6) is 0.609. The van der Waals surface area contributed by atoms with Gasteiger partial charge in [-0.3, -0.25) is 0 Å². The van der Waals surface area contributed by atoms with Crippen LogP contribution >= 0.6 is 0 Å². The summed E-state index contributed by atoms with van der Waals surface area (Å²) in [4.78, 5) is 5.23. The Labute approximate surface area is 54.9 Å². The summed E-state index contributed by atoms with van der Waals surface area (Å²) in [6.45, 7) is 2.15. The van der Waals surface area contributed by atoms with Crippen molar-refractivity contribution in [2.24, 2.45) is 11.1 Å². The molecular weight excluding hydrogens is 114 g/mol. The number of nitrogens with zero attached hydrogens (tertiary/aromatic N) is 1. The molecule has 9 heavy (non-hydrogen) atoms. The molecule has 1 saturated carbocycles. The number of hydrogen-bond acceptors (Lipinski definition) is 2. The Morgan fingerprint density at radius 1 is 1.78 bits per heavy atom. The SMILES string of the molecule is CC12CCCC1C=NO2. The van der Waals surface area contributed by atoms with Gasteiger partial charge in [-0.1, -0.05) is 5.16 Å². The predicted molar refractivity (Wildman–Crippen MR) is 35.3 cm³/mol. The molecule has 0 aromatic carbocycles. The zero-order valence-corrected chi connectivity index (χ0v) is 5.63. The van der Waals surface area contributed by atoms with E-state index < -0.39 is 0 Å². The monoisotopic (exact) mass is 125 g/mol. The molecule has 1 heterocycles. The van der Waals surface area contributed by atoms with Gasteiger partial charge in [0.2, 0.25) is 0 Å². The molecule has 0 amide bonds. The highest BCUT2D eigenvalue weighted by Crippen LogP contribution is 2.40. The van der Waals surface area contributed by atoms with E-state index in [0.717, 1.165) is 0 Å². The quantitative estimate of drug-likeness (QED) is 0.481. The Bertz CT molecular complexity index is 155. The highest BCUT2D eigenvalue weighted by atomic mass is 16.7. The fourth-order valence-electron chi connectivity index (χ4n) is 1.73. The minimum absolute atomic E-state index is 0.0833. The highest BCUT2D eigenvalue weighted by Gasteiger charge is 2.43. The lowest BCUT2D eigenvalue weighted by atomic mass is 9.95. The van der Waals surface area contributed by atoms with Crippen LogP contribution in [0.25, 0.3) is 0 Å². The topological polar surface area (TPSA) is 21.6 Å². The maximum atomic E-state index is 5.23. The zero-order valence-electron chi connectivity index (χ0n) is 5.63. The molecule has 0 N–H and O–H groups in total. The molecule has 0 aromatic rings. The first kappa shape index (κ1) is 5.27. The van der Waals surface area contributed by atoms with Gasteiger partial charge in [-0.05, 0) is 26.2 Å². The van der Waals surface area contributed by atoms with Gasteiger partial charge in [0.05, 0.1) is 6.21 Å². The molecule has 2 rings (SSSR count). The van der Waals surface area contributed by atoms with Crippen LogP contribution in [0, 0.1) is 5.92 Å². The van der Waals surface area contributed by atoms with Crippen LogP contribution in [0.3, 0.4) is 0 Å². The van der Waals surface area contributed by atoms with Gasteiger partial charge in [0.15, 0.2) is 0 Å². The molecule has 1 aliphatic carbocycles. The third kappa shape index (κ3) is 0.590. The minimum atomic E-state index is 0.0833. The van der Waals surface area contributed by atoms with Gasteiger partial charge >= 0.3 is 0 Å². The first-order valence-electron chi connectivity index (χ1n) is 3.53. The molecule has 0 radical (unpaired) electrons. The van der Waals surface area contributed by atoms with Crippen molar-refractivity contribution in [1.29, 1.82) is 0 Å². The Morgan fingerprint density at radius 2 is 2.67 bits per heavy atom. The molecule has 50 valence electrons. The van der Waals surface area contributed by atoms with Crippen molar-refractivity contribution in [3.8, 4) is 0 Å². The van der Waals surface area contributed by atoms with Crippen molar-refractivity contribution in [3.63, 3.8) is 0 Å². The van der Waals surface area contributed by atoms with Gasteiger partial charge in [-0.15, -0.1) is 0 Å². The van der Waals surface area contributed by atoms with Gasteiger partial charge in [0.1, 0.15) is 5.60 Å². The van der Waals surface area contributed by atoms with Gasteiger partial charge in [-0.2, -0.15) is 0 Å².